The van der Waals surface area contributed by atoms with E-state index in [9.17, 15) is 0 Å². The summed E-state index contributed by atoms with van der Waals surface area (Å²) in [6.45, 7) is 0. The van der Waals surface area contributed by atoms with Gasteiger partial charge in [-0.3, -0.25) is 4.90 Å². The van der Waals surface area contributed by atoms with Crippen LogP contribution >= 0.6 is 0 Å². The van der Waals surface area contributed by atoms with Crippen LogP contribution in [0.3, 0.4) is 0 Å². The second-order valence-corrected chi connectivity index (χ2v) is 10.2. The highest BCUT2D eigenvalue weighted by molar-refractivity contribution is 7.03. The van der Waals surface area contributed by atoms with Gasteiger partial charge in [0.2, 0.25) is 0 Å². The van der Waals surface area contributed by atoms with Gasteiger partial charge in [-0.2, -0.15) is 0 Å². The molecule has 2 aliphatic heterocycles. The highest BCUT2D eigenvalue weighted by Gasteiger charge is 2.60. The third-order valence-corrected chi connectivity index (χ3v) is 10.3. The first-order valence-corrected chi connectivity index (χ1v) is 9.56. The minimum Gasteiger partial charge on any atom is -0.298 e. The van der Waals surface area contributed by atoms with E-state index in [1.165, 1.54) is 12.1 Å². The fraction of sp³-hybridized carbons (Fsp3) is 0.294. The Morgan fingerprint density at radius 2 is 1.21 bits per heavy atom. The molecule has 0 aliphatic carbocycles. The summed E-state index contributed by atoms with van der Waals surface area (Å²) < 4.78 is 0. The molecule has 0 amide bonds. The van der Waals surface area contributed by atoms with E-state index in [1.807, 2.05) is 0 Å². The Hall–Kier alpha value is -1.38. The maximum absolute atomic E-state index is 2.55. The van der Waals surface area contributed by atoms with Crippen molar-refractivity contribution in [2.45, 2.75) is 24.2 Å². The Bertz CT molecular complexity index is 527. The Morgan fingerprint density at radius 3 is 1.63 bits per heavy atom. The maximum atomic E-state index is 2.55. The van der Waals surface area contributed by atoms with Crippen LogP contribution in [0, 0.1) is 0 Å². The quantitative estimate of drug-likeness (QED) is 0.592. The molecule has 2 unspecified atom stereocenters. The first-order chi connectivity index (χ1) is 9.31. The molecule has 0 radical (unpaired) electrons. The lowest BCUT2D eigenvalue weighted by Crippen LogP contribution is -2.58. The summed E-state index contributed by atoms with van der Waals surface area (Å²) in [5, 5.41) is 3.25. The van der Waals surface area contributed by atoms with Crippen molar-refractivity contribution in [2.75, 3.05) is 7.05 Å². The van der Waals surface area contributed by atoms with E-state index in [4.69, 9.17) is 0 Å². The average molecular weight is 265 g/mol. The van der Waals surface area contributed by atoms with Crippen LogP contribution in [0.2, 0.25) is 12.1 Å². The van der Waals surface area contributed by atoms with E-state index in [2.05, 4.69) is 72.6 Å². The predicted molar refractivity (Wildman–Crippen MR) is 82.9 cm³/mol. The van der Waals surface area contributed by atoms with Crippen molar-refractivity contribution in [3.63, 3.8) is 0 Å². The zero-order valence-electron chi connectivity index (χ0n) is 11.3. The fourth-order valence-electron chi connectivity index (χ4n) is 3.98. The van der Waals surface area contributed by atoms with Crippen LogP contribution in [-0.4, -0.2) is 32.1 Å². The molecule has 1 nitrogen and oxygen atoms in total. The van der Waals surface area contributed by atoms with E-state index in [1.54, 1.807) is 10.4 Å². The van der Waals surface area contributed by atoms with Gasteiger partial charge in [-0.25, -0.2) is 0 Å². The van der Waals surface area contributed by atoms with Gasteiger partial charge >= 0.3 is 0 Å². The third-order valence-electron chi connectivity index (χ3n) is 5.17. The molecule has 2 heterocycles. The van der Waals surface area contributed by atoms with E-state index in [-0.39, 0.29) is 0 Å². The largest absolute Gasteiger partial charge is 0.298 e. The summed E-state index contributed by atoms with van der Waals surface area (Å²) in [5.74, 6) is 0. The van der Waals surface area contributed by atoms with Crippen molar-refractivity contribution in [1.82, 2.24) is 4.90 Å². The van der Waals surface area contributed by atoms with Crippen molar-refractivity contribution in [3.05, 3.63) is 60.7 Å². The molecular weight excluding hydrogens is 246 g/mol. The molecule has 2 atom stereocenters. The molecule has 0 aromatic heterocycles. The van der Waals surface area contributed by atoms with Crippen molar-refractivity contribution in [1.29, 1.82) is 0 Å². The van der Waals surface area contributed by atoms with Gasteiger partial charge in [0, 0.05) is 12.1 Å². The van der Waals surface area contributed by atoms with Gasteiger partial charge in [0.05, 0.1) is 0 Å². The minimum absolute atomic E-state index is 0.854. The van der Waals surface area contributed by atoms with Gasteiger partial charge in [-0.05, 0) is 19.1 Å². The summed E-state index contributed by atoms with van der Waals surface area (Å²) in [4.78, 5) is 2.55. The average Bonchev–Trinajstić information content (AvgIpc) is 2.92. The summed E-state index contributed by atoms with van der Waals surface area (Å²) in [6.07, 6.45) is 0. The molecule has 0 spiro atoms. The lowest BCUT2D eigenvalue weighted by atomic mass is 10.4. The molecule has 2 aromatic carbocycles. The van der Waals surface area contributed by atoms with Gasteiger partial charge in [-0.1, -0.05) is 71.0 Å². The summed E-state index contributed by atoms with van der Waals surface area (Å²) in [6, 6.07) is 27.1. The topological polar surface area (TPSA) is 3.01 Å². The lowest BCUT2D eigenvalue weighted by Gasteiger charge is -2.31. The summed E-state index contributed by atoms with van der Waals surface area (Å²) in [7, 11) is 0.800. The molecule has 2 fully saturated rings. The molecule has 96 valence electrons. The molecular formula is C17H19NSi. The van der Waals surface area contributed by atoms with Gasteiger partial charge in [0.25, 0.3) is 0 Å². The first kappa shape index (κ1) is 11.4. The zero-order valence-corrected chi connectivity index (χ0v) is 12.3. The second kappa shape index (κ2) is 4.05. The fourth-order valence-corrected chi connectivity index (χ4v) is 9.64. The van der Waals surface area contributed by atoms with E-state index in [0.717, 1.165) is 12.1 Å². The van der Waals surface area contributed by atoms with Crippen LogP contribution in [0.5, 0.6) is 0 Å². The van der Waals surface area contributed by atoms with Crippen LogP contribution in [0.1, 0.15) is 0 Å². The van der Waals surface area contributed by atoms with Gasteiger partial charge in [-0.15, -0.1) is 0 Å². The number of nitrogens with zero attached hydrogens (tertiary/aromatic N) is 1. The Labute approximate surface area is 115 Å². The molecule has 19 heavy (non-hydrogen) atoms. The number of rotatable bonds is 2. The molecule has 0 bridgehead atoms. The highest BCUT2D eigenvalue weighted by Crippen LogP contribution is 2.46. The Morgan fingerprint density at radius 1 is 0.789 bits per heavy atom. The van der Waals surface area contributed by atoms with Crippen LogP contribution in [-0.2, 0) is 0 Å². The monoisotopic (exact) mass is 265 g/mol. The van der Waals surface area contributed by atoms with E-state index >= 15 is 0 Å². The van der Waals surface area contributed by atoms with Crippen LogP contribution in [0.4, 0.5) is 0 Å². The van der Waals surface area contributed by atoms with Crippen molar-refractivity contribution < 1.29 is 0 Å². The number of benzene rings is 2. The lowest BCUT2D eigenvalue weighted by molar-refractivity contribution is 0.590. The standard InChI is InChI=1S/C17H19NSi/c1-18-16-12-19(13-17(16)18,14-8-4-2-5-9-14)15-10-6-3-7-11-15/h2-11,16-17H,12-13H2,1H3. The van der Waals surface area contributed by atoms with E-state index < -0.39 is 8.07 Å². The Kier molecular flexibility index (Phi) is 2.44. The second-order valence-electron chi connectivity index (χ2n) is 6.02. The van der Waals surface area contributed by atoms with Crippen LogP contribution < -0.4 is 10.4 Å². The smallest absolute Gasteiger partial charge is 0.121 e. The molecule has 2 heteroatoms. The molecule has 0 saturated carbocycles. The number of fused-ring (bicyclic) bond motifs is 1. The maximum Gasteiger partial charge on any atom is 0.121 e. The number of likely N-dealkylation sites (N-methyl/N-ethyl adjacent to an activating group) is 1. The first-order valence-electron chi connectivity index (χ1n) is 7.14. The zero-order chi connectivity index (χ0) is 12.9. The number of hydrogen-bond acceptors (Lipinski definition) is 1. The SMILES string of the molecule is CN1C2C[Si](c3ccccc3)(c3ccccc3)CC21. The summed E-state index contributed by atoms with van der Waals surface area (Å²) >= 11 is 0. The molecule has 2 saturated heterocycles. The van der Waals surface area contributed by atoms with Gasteiger partial charge < -0.3 is 0 Å². The number of hydrogen-bond donors (Lipinski definition) is 0. The molecule has 4 rings (SSSR count). The van der Waals surface area contributed by atoms with Gasteiger partial charge in [0.1, 0.15) is 8.07 Å². The predicted octanol–water partition coefficient (Wildman–Crippen LogP) is 1.95. The molecule has 2 aliphatic rings. The van der Waals surface area contributed by atoms with Crippen LogP contribution in [0.25, 0.3) is 0 Å². The third kappa shape index (κ3) is 1.63. The summed E-state index contributed by atoms with van der Waals surface area (Å²) in [5.41, 5.74) is 0. The molecule has 0 N–H and O–H groups in total. The normalized spacial score (nSPS) is 30.9. The molecule has 2 aromatic rings. The van der Waals surface area contributed by atoms with Crippen molar-refractivity contribution in [3.8, 4) is 0 Å². The van der Waals surface area contributed by atoms with Crippen molar-refractivity contribution >= 4 is 18.4 Å². The Balaban J connectivity index is 1.82. The van der Waals surface area contributed by atoms with Gasteiger partial charge in [0.15, 0.2) is 0 Å². The van der Waals surface area contributed by atoms with Crippen LogP contribution in [0.15, 0.2) is 60.7 Å². The highest BCUT2D eigenvalue weighted by atomic mass is 28.3. The van der Waals surface area contributed by atoms with Crippen molar-refractivity contribution in [2.24, 2.45) is 0 Å². The van der Waals surface area contributed by atoms with E-state index in [0.29, 0.717) is 0 Å². The minimum atomic E-state index is -1.48.